The number of ether oxygens (including phenoxy) is 1. The number of nitrogens with zero attached hydrogens (tertiary/aromatic N) is 2. The van der Waals surface area contributed by atoms with E-state index in [0.717, 1.165) is 19.3 Å². The highest BCUT2D eigenvalue weighted by Gasteiger charge is 2.38. The Morgan fingerprint density at radius 3 is 2.70 bits per heavy atom. The van der Waals surface area contributed by atoms with Crippen molar-refractivity contribution in [3.05, 3.63) is 59.2 Å². The highest BCUT2D eigenvalue weighted by atomic mass is 16.5. The molecule has 2 aromatic rings. The predicted octanol–water partition coefficient (Wildman–Crippen LogP) is 2.63. The minimum absolute atomic E-state index is 0.135. The van der Waals surface area contributed by atoms with E-state index >= 15 is 0 Å². The number of hydrogen-bond donors (Lipinski definition) is 2. The number of carbonyl (C=O) groups excluding carboxylic acids is 4. The summed E-state index contributed by atoms with van der Waals surface area (Å²) in [6.45, 7) is 2.12. The third-order valence-corrected chi connectivity index (χ3v) is 6.14. The van der Waals surface area contributed by atoms with Crippen LogP contribution in [-0.4, -0.2) is 61.0 Å². The van der Waals surface area contributed by atoms with Crippen LogP contribution >= 0.6 is 0 Å². The van der Waals surface area contributed by atoms with Crippen molar-refractivity contribution >= 4 is 35.1 Å². The van der Waals surface area contributed by atoms with Gasteiger partial charge in [-0.3, -0.25) is 24.2 Å². The fourth-order valence-electron chi connectivity index (χ4n) is 4.42. The highest BCUT2D eigenvalue weighted by molar-refractivity contribution is 6.22. The molecule has 5 amide bonds. The summed E-state index contributed by atoms with van der Waals surface area (Å²) in [6, 6.07) is 11.4. The van der Waals surface area contributed by atoms with E-state index in [4.69, 9.17) is 4.74 Å². The lowest BCUT2D eigenvalue weighted by Crippen LogP contribution is -2.46. The molecule has 2 saturated heterocycles. The second-order valence-electron chi connectivity index (χ2n) is 8.36. The first-order valence-corrected chi connectivity index (χ1v) is 11.1. The highest BCUT2D eigenvalue weighted by Crippen LogP contribution is 2.27. The average Bonchev–Trinajstić information content (AvgIpc) is 3.42. The lowest BCUT2D eigenvalue weighted by molar-refractivity contribution is 0.0475. The Hall–Kier alpha value is -3.72. The Balaban J connectivity index is 1.31. The van der Waals surface area contributed by atoms with E-state index in [1.807, 2.05) is 6.07 Å². The maximum absolute atomic E-state index is 12.9. The summed E-state index contributed by atoms with van der Waals surface area (Å²) < 4.78 is 5.56. The van der Waals surface area contributed by atoms with Gasteiger partial charge in [0.25, 0.3) is 17.7 Å². The van der Waals surface area contributed by atoms with Gasteiger partial charge in [0.05, 0.1) is 23.8 Å². The number of imide groups is 1. The molecule has 2 N–H and O–H groups in total. The number of anilines is 2. The molecule has 1 unspecified atom stereocenters. The molecule has 0 bridgehead atoms. The molecule has 0 aliphatic carbocycles. The van der Waals surface area contributed by atoms with Gasteiger partial charge in [-0.15, -0.1) is 0 Å². The SMILES string of the molecule is O=C(Nc1cccc(N2CCCNC2=O)c1)c1ccc2c(c1)C(=O)N(CC1CCCO1)C2=O. The van der Waals surface area contributed by atoms with Gasteiger partial charge in [0.2, 0.25) is 0 Å². The summed E-state index contributed by atoms with van der Waals surface area (Å²) in [5.74, 6) is -1.17. The third-order valence-electron chi connectivity index (χ3n) is 6.14. The lowest BCUT2D eigenvalue weighted by Gasteiger charge is -2.27. The first-order valence-electron chi connectivity index (χ1n) is 11.1. The molecule has 0 spiro atoms. The molecule has 2 aromatic carbocycles. The molecule has 9 nitrogen and oxygen atoms in total. The summed E-state index contributed by atoms with van der Waals surface area (Å²) in [4.78, 5) is 53.4. The van der Waals surface area contributed by atoms with E-state index in [-0.39, 0.29) is 35.7 Å². The molecule has 0 aromatic heterocycles. The van der Waals surface area contributed by atoms with Crippen LogP contribution in [0.25, 0.3) is 0 Å². The maximum Gasteiger partial charge on any atom is 0.321 e. The predicted molar refractivity (Wildman–Crippen MR) is 121 cm³/mol. The fraction of sp³-hybridized carbons (Fsp3) is 0.333. The Labute approximate surface area is 190 Å². The van der Waals surface area contributed by atoms with E-state index in [2.05, 4.69) is 10.6 Å². The zero-order chi connectivity index (χ0) is 22.9. The van der Waals surface area contributed by atoms with Gasteiger partial charge in [0, 0.05) is 36.6 Å². The molecule has 5 rings (SSSR count). The van der Waals surface area contributed by atoms with Crippen molar-refractivity contribution in [2.75, 3.05) is 36.5 Å². The second kappa shape index (κ2) is 8.67. The number of fused-ring (bicyclic) bond motifs is 1. The fourth-order valence-corrected chi connectivity index (χ4v) is 4.42. The summed E-state index contributed by atoms with van der Waals surface area (Å²) in [5.41, 5.74) is 2.01. The molecule has 3 heterocycles. The van der Waals surface area contributed by atoms with Crippen molar-refractivity contribution in [2.45, 2.75) is 25.4 Å². The Bertz CT molecular complexity index is 1140. The van der Waals surface area contributed by atoms with Crippen LogP contribution in [0.15, 0.2) is 42.5 Å². The molecule has 9 heteroatoms. The van der Waals surface area contributed by atoms with Crippen molar-refractivity contribution in [3.63, 3.8) is 0 Å². The van der Waals surface area contributed by atoms with Crippen molar-refractivity contribution < 1.29 is 23.9 Å². The van der Waals surface area contributed by atoms with Crippen LogP contribution in [0.2, 0.25) is 0 Å². The molecule has 170 valence electrons. The lowest BCUT2D eigenvalue weighted by atomic mass is 10.1. The van der Waals surface area contributed by atoms with E-state index in [1.54, 1.807) is 23.1 Å². The maximum atomic E-state index is 12.9. The van der Waals surface area contributed by atoms with Gasteiger partial charge >= 0.3 is 6.03 Å². The molecule has 2 fully saturated rings. The summed E-state index contributed by atoms with van der Waals surface area (Å²) in [6.07, 6.45) is 2.44. The van der Waals surface area contributed by atoms with Gasteiger partial charge in [-0.2, -0.15) is 0 Å². The number of urea groups is 1. The van der Waals surface area contributed by atoms with Crippen LogP contribution in [0.1, 0.15) is 50.3 Å². The topological polar surface area (TPSA) is 108 Å². The number of benzene rings is 2. The Morgan fingerprint density at radius 1 is 1.06 bits per heavy atom. The molecule has 1 atom stereocenters. The van der Waals surface area contributed by atoms with Gasteiger partial charge in [0.15, 0.2) is 0 Å². The van der Waals surface area contributed by atoms with Gasteiger partial charge in [-0.1, -0.05) is 6.07 Å². The molecular formula is C24H24N4O5. The number of carbonyl (C=O) groups is 4. The number of rotatable bonds is 5. The number of nitrogens with one attached hydrogen (secondary N) is 2. The summed E-state index contributed by atoms with van der Waals surface area (Å²) in [5, 5.41) is 5.62. The normalized spacial score (nSPS) is 20.1. The van der Waals surface area contributed by atoms with Crippen molar-refractivity contribution in [3.8, 4) is 0 Å². The van der Waals surface area contributed by atoms with Gasteiger partial charge < -0.3 is 15.4 Å². The summed E-state index contributed by atoms with van der Waals surface area (Å²) >= 11 is 0. The number of hydrogen-bond acceptors (Lipinski definition) is 5. The second-order valence-corrected chi connectivity index (χ2v) is 8.36. The zero-order valence-corrected chi connectivity index (χ0v) is 18.0. The quantitative estimate of drug-likeness (QED) is 0.684. The van der Waals surface area contributed by atoms with Crippen molar-refractivity contribution in [1.82, 2.24) is 10.2 Å². The molecule has 0 saturated carbocycles. The summed E-state index contributed by atoms with van der Waals surface area (Å²) in [7, 11) is 0. The van der Waals surface area contributed by atoms with Crippen LogP contribution in [-0.2, 0) is 4.74 Å². The van der Waals surface area contributed by atoms with Crippen molar-refractivity contribution in [1.29, 1.82) is 0 Å². The average molecular weight is 448 g/mol. The minimum Gasteiger partial charge on any atom is -0.376 e. The zero-order valence-electron chi connectivity index (χ0n) is 18.0. The van der Waals surface area contributed by atoms with E-state index in [0.29, 0.717) is 36.6 Å². The van der Waals surface area contributed by atoms with Gasteiger partial charge in [-0.25, -0.2) is 4.79 Å². The molecule has 3 aliphatic heterocycles. The minimum atomic E-state index is -0.407. The molecule has 33 heavy (non-hydrogen) atoms. The monoisotopic (exact) mass is 448 g/mol. The van der Waals surface area contributed by atoms with Crippen LogP contribution in [0.3, 0.4) is 0 Å². The van der Waals surface area contributed by atoms with Crippen LogP contribution < -0.4 is 15.5 Å². The van der Waals surface area contributed by atoms with Crippen LogP contribution in [0.5, 0.6) is 0 Å². The van der Waals surface area contributed by atoms with Crippen LogP contribution in [0.4, 0.5) is 16.2 Å². The largest absolute Gasteiger partial charge is 0.376 e. The first-order chi connectivity index (χ1) is 16.0. The van der Waals surface area contributed by atoms with Crippen molar-refractivity contribution in [2.24, 2.45) is 0 Å². The Morgan fingerprint density at radius 2 is 1.91 bits per heavy atom. The smallest absolute Gasteiger partial charge is 0.321 e. The first kappa shape index (κ1) is 21.1. The van der Waals surface area contributed by atoms with Gasteiger partial charge in [0.1, 0.15) is 0 Å². The molecule has 3 aliphatic rings. The van der Waals surface area contributed by atoms with E-state index in [9.17, 15) is 19.2 Å². The molecular weight excluding hydrogens is 424 g/mol. The van der Waals surface area contributed by atoms with Gasteiger partial charge in [-0.05, 0) is 55.7 Å². The number of amides is 5. The third kappa shape index (κ3) is 4.07. The standard InChI is InChI=1S/C24H24N4O5/c29-21(26-16-4-1-5-17(13-16)27-10-3-9-25-24(27)32)15-7-8-19-20(12-15)23(31)28(22(19)30)14-18-6-2-11-33-18/h1,4-5,7-8,12-13,18H,2-3,6,9-11,14H2,(H,25,32)(H,26,29). The van der Waals surface area contributed by atoms with Crippen LogP contribution in [0, 0.1) is 0 Å². The Kier molecular flexibility index (Phi) is 5.55. The molecule has 0 radical (unpaired) electrons. The van der Waals surface area contributed by atoms with E-state index in [1.165, 1.54) is 23.1 Å². The van der Waals surface area contributed by atoms with E-state index < -0.39 is 11.8 Å².